The summed E-state index contributed by atoms with van der Waals surface area (Å²) in [7, 11) is -3.46. The first-order chi connectivity index (χ1) is 9.95. The third-order valence-corrected chi connectivity index (χ3v) is 4.54. The third-order valence-electron chi connectivity index (χ3n) is 3.27. The van der Waals surface area contributed by atoms with E-state index in [0.717, 1.165) is 16.2 Å². The molecule has 0 amide bonds. The molecule has 0 aliphatic carbocycles. The lowest BCUT2D eigenvalue weighted by atomic mass is 10.0. The van der Waals surface area contributed by atoms with Crippen LogP contribution >= 0.6 is 11.6 Å². The maximum Gasteiger partial charge on any atom is 0.247 e. The summed E-state index contributed by atoms with van der Waals surface area (Å²) in [6, 6.07) is 10.2. The molecular weight excluding hydrogens is 312 g/mol. The fourth-order valence-corrected chi connectivity index (χ4v) is 3.35. The molecule has 0 bridgehead atoms. The number of sulfonamides is 1. The van der Waals surface area contributed by atoms with Crippen molar-refractivity contribution in [1.82, 2.24) is 4.41 Å². The minimum Gasteiger partial charge on any atom is -0.463 e. The fraction of sp³-hybridized carbons (Fsp3) is 0.214. The number of benzene rings is 1. The van der Waals surface area contributed by atoms with Gasteiger partial charge in [-0.1, -0.05) is 23.7 Å². The van der Waals surface area contributed by atoms with Crippen LogP contribution in [0.3, 0.4) is 0 Å². The van der Waals surface area contributed by atoms with Crippen LogP contribution in [-0.2, 0) is 10.0 Å². The molecule has 5 nitrogen and oxygen atoms in total. The van der Waals surface area contributed by atoms with Crippen LogP contribution in [-0.4, -0.2) is 24.8 Å². The number of hydrazone groups is 1. The largest absolute Gasteiger partial charge is 0.463 e. The van der Waals surface area contributed by atoms with Crippen LogP contribution < -0.4 is 0 Å². The van der Waals surface area contributed by atoms with E-state index < -0.39 is 10.0 Å². The van der Waals surface area contributed by atoms with Gasteiger partial charge >= 0.3 is 0 Å². The van der Waals surface area contributed by atoms with Crippen LogP contribution in [0.1, 0.15) is 23.8 Å². The van der Waals surface area contributed by atoms with Crippen molar-refractivity contribution >= 4 is 27.3 Å². The van der Waals surface area contributed by atoms with Gasteiger partial charge in [0, 0.05) is 11.4 Å². The maximum atomic E-state index is 12.0. The number of rotatable bonds is 3. The van der Waals surface area contributed by atoms with E-state index in [0.29, 0.717) is 22.9 Å². The lowest BCUT2D eigenvalue weighted by Gasteiger charge is -2.21. The van der Waals surface area contributed by atoms with Crippen LogP contribution in [0.25, 0.3) is 0 Å². The number of halogens is 1. The van der Waals surface area contributed by atoms with Crippen molar-refractivity contribution < 1.29 is 12.8 Å². The Morgan fingerprint density at radius 1 is 1.29 bits per heavy atom. The SMILES string of the molecule is CS(=O)(=O)N1N=C(c2ccco2)C[C@@H]1c1ccc(Cl)cc1. The molecule has 0 saturated carbocycles. The Balaban J connectivity index is 2.00. The van der Waals surface area contributed by atoms with Gasteiger partial charge in [-0.15, -0.1) is 0 Å². The zero-order chi connectivity index (χ0) is 15.0. The van der Waals surface area contributed by atoms with Crippen molar-refractivity contribution in [3.8, 4) is 0 Å². The Kier molecular flexibility index (Phi) is 3.51. The molecule has 0 radical (unpaired) electrons. The Morgan fingerprint density at radius 2 is 2.00 bits per heavy atom. The molecule has 1 aliphatic heterocycles. The second-order valence-electron chi connectivity index (χ2n) is 4.83. The molecule has 0 unspecified atom stereocenters. The topological polar surface area (TPSA) is 62.9 Å². The minimum absolute atomic E-state index is 0.377. The summed E-state index contributed by atoms with van der Waals surface area (Å²) >= 11 is 5.88. The van der Waals surface area contributed by atoms with Crippen molar-refractivity contribution in [2.45, 2.75) is 12.5 Å². The molecule has 0 N–H and O–H groups in total. The summed E-state index contributed by atoms with van der Waals surface area (Å²) in [6.45, 7) is 0. The average molecular weight is 325 g/mol. The highest BCUT2D eigenvalue weighted by Gasteiger charge is 2.35. The summed E-state index contributed by atoms with van der Waals surface area (Å²) in [4.78, 5) is 0. The fourth-order valence-electron chi connectivity index (χ4n) is 2.32. The second kappa shape index (κ2) is 5.20. The van der Waals surface area contributed by atoms with E-state index >= 15 is 0 Å². The molecule has 21 heavy (non-hydrogen) atoms. The molecule has 3 rings (SSSR count). The summed E-state index contributed by atoms with van der Waals surface area (Å²) in [6.07, 6.45) is 3.14. The Morgan fingerprint density at radius 3 is 2.57 bits per heavy atom. The highest BCUT2D eigenvalue weighted by Crippen LogP contribution is 2.34. The standard InChI is InChI=1S/C14H13ClN2O3S/c1-21(18,19)17-13(10-4-6-11(15)7-5-10)9-12(16-17)14-3-2-8-20-14/h2-8,13H,9H2,1H3/t13-/m1/s1. The summed E-state index contributed by atoms with van der Waals surface area (Å²) in [5, 5.41) is 4.82. The normalized spacial score (nSPS) is 18.9. The first kappa shape index (κ1) is 14.2. The van der Waals surface area contributed by atoms with Crippen LogP contribution in [0.4, 0.5) is 0 Å². The minimum atomic E-state index is -3.46. The maximum absolute atomic E-state index is 12.0. The monoisotopic (exact) mass is 324 g/mol. The van der Waals surface area contributed by atoms with Gasteiger partial charge in [-0.2, -0.15) is 9.52 Å². The lowest BCUT2D eigenvalue weighted by molar-refractivity contribution is 0.375. The van der Waals surface area contributed by atoms with E-state index in [1.807, 2.05) is 12.1 Å². The molecule has 0 saturated heterocycles. The number of nitrogens with zero attached hydrogens (tertiary/aromatic N) is 2. The predicted octanol–water partition coefficient (Wildman–Crippen LogP) is 3.04. The van der Waals surface area contributed by atoms with Gasteiger partial charge in [-0.3, -0.25) is 0 Å². The summed E-state index contributed by atoms with van der Waals surface area (Å²) in [5.74, 6) is 0.583. The molecule has 7 heteroatoms. The Bertz CT molecular complexity index is 767. The van der Waals surface area contributed by atoms with Gasteiger partial charge in [-0.05, 0) is 29.8 Å². The number of hydrogen-bond donors (Lipinski definition) is 0. The van der Waals surface area contributed by atoms with Gasteiger partial charge in [0.25, 0.3) is 0 Å². The van der Waals surface area contributed by atoms with Crippen molar-refractivity contribution in [2.24, 2.45) is 5.10 Å². The van der Waals surface area contributed by atoms with Crippen LogP contribution in [0.5, 0.6) is 0 Å². The molecule has 1 aromatic heterocycles. The Labute approximate surface area is 127 Å². The van der Waals surface area contributed by atoms with Crippen molar-refractivity contribution in [2.75, 3.05) is 6.26 Å². The van der Waals surface area contributed by atoms with Crippen molar-refractivity contribution in [1.29, 1.82) is 0 Å². The first-order valence-corrected chi connectivity index (χ1v) is 8.54. The van der Waals surface area contributed by atoms with E-state index in [9.17, 15) is 8.42 Å². The zero-order valence-electron chi connectivity index (χ0n) is 11.2. The molecule has 0 fully saturated rings. The molecule has 2 aromatic rings. The van der Waals surface area contributed by atoms with Gasteiger partial charge in [0.2, 0.25) is 10.0 Å². The second-order valence-corrected chi connectivity index (χ2v) is 7.11. The van der Waals surface area contributed by atoms with E-state index in [1.54, 1.807) is 24.3 Å². The summed E-state index contributed by atoms with van der Waals surface area (Å²) < 4.78 is 30.4. The molecule has 0 spiro atoms. The van der Waals surface area contributed by atoms with Crippen LogP contribution in [0, 0.1) is 0 Å². The van der Waals surface area contributed by atoms with E-state index in [-0.39, 0.29) is 6.04 Å². The first-order valence-electron chi connectivity index (χ1n) is 6.31. The molecule has 110 valence electrons. The third kappa shape index (κ3) is 2.82. The molecular formula is C14H13ClN2O3S. The highest BCUT2D eigenvalue weighted by atomic mass is 35.5. The van der Waals surface area contributed by atoms with Crippen molar-refractivity contribution in [3.05, 3.63) is 59.0 Å². The smallest absolute Gasteiger partial charge is 0.247 e. The molecule has 1 aromatic carbocycles. The van der Waals surface area contributed by atoms with Gasteiger partial charge < -0.3 is 4.42 Å². The van der Waals surface area contributed by atoms with E-state index in [1.165, 1.54) is 6.26 Å². The highest BCUT2D eigenvalue weighted by molar-refractivity contribution is 7.88. The van der Waals surface area contributed by atoms with E-state index in [4.69, 9.17) is 16.0 Å². The van der Waals surface area contributed by atoms with Gasteiger partial charge in [0.15, 0.2) is 0 Å². The summed E-state index contributed by atoms with van der Waals surface area (Å²) in [5.41, 5.74) is 1.46. The average Bonchev–Trinajstić information content (AvgIpc) is 3.07. The van der Waals surface area contributed by atoms with E-state index in [2.05, 4.69) is 5.10 Å². The quantitative estimate of drug-likeness (QED) is 0.871. The van der Waals surface area contributed by atoms with Crippen molar-refractivity contribution in [3.63, 3.8) is 0 Å². The lowest BCUT2D eigenvalue weighted by Crippen LogP contribution is -2.25. The Hall–Kier alpha value is -1.79. The molecule has 1 atom stereocenters. The number of furan rings is 1. The predicted molar refractivity (Wildman–Crippen MR) is 80.7 cm³/mol. The molecule has 2 heterocycles. The van der Waals surface area contributed by atoms with Gasteiger partial charge in [-0.25, -0.2) is 8.42 Å². The van der Waals surface area contributed by atoms with Crippen LogP contribution in [0.15, 0.2) is 52.2 Å². The van der Waals surface area contributed by atoms with Crippen LogP contribution in [0.2, 0.25) is 5.02 Å². The van der Waals surface area contributed by atoms with Gasteiger partial charge in [0.05, 0.1) is 18.6 Å². The zero-order valence-corrected chi connectivity index (χ0v) is 12.8. The molecule has 1 aliphatic rings. The number of hydrogen-bond acceptors (Lipinski definition) is 4. The van der Waals surface area contributed by atoms with Gasteiger partial charge in [0.1, 0.15) is 11.5 Å².